The third-order valence-corrected chi connectivity index (χ3v) is 5.29. The maximum absolute atomic E-state index is 12.2. The van der Waals surface area contributed by atoms with E-state index in [4.69, 9.17) is 16.6 Å². The molecule has 1 aliphatic carbocycles. The Hall–Kier alpha value is -2.48. The summed E-state index contributed by atoms with van der Waals surface area (Å²) in [7, 11) is 0. The van der Waals surface area contributed by atoms with Gasteiger partial charge < -0.3 is 9.73 Å². The van der Waals surface area contributed by atoms with E-state index in [1.54, 1.807) is 24.3 Å². The molecule has 26 heavy (non-hydrogen) atoms. The van der Waals surface area contributed by atoms with E-state index in [1.165, 1.54) is 19.2 Å². The Morgan fingerprint density at radius 1 is 1.19 bits per heavy atom. The number of carbonyl (C=O) groups excluding carboxylic acids is 1. The number of carbonyl (C=O) groups is 1. The van der Waals surface area contributed by atoms with E-state index >= 15 is 0 Å². The molecular weight excluding hydrogens is 350 g/mol. The molecule has 0 bridgehead atoms. The number of hydrogen-bond acceptors (Lipinski definition) is 5. The van der Waals surface area contributed by atoms with Crippen molar-refractivity contribution in [2.45, 2.75) is 39.2 Å². The second-order valence-electron chi connectivity index (χ2n) is 6.75. The van der Waals surface area contributed by atoms with Gasteiger partial charge in [-0.25, -0.2) is 0 Å². The number of aromatic nitrogens is 2. The molecule has 3 rings (SSSR count). The Balaban J connectivity index is 1.49. The summed E-state index contributed by atoms with van der Waals surface area (Å²) in [6.07, 6.45) is 4.82. The van der Waals surface area contributed by atoms with Gasteiger partial charge in [0.25, 0.3) is 5.91 Å². The molecule has 1 amide bonds. The molecule has 3 atom stereocenters. The Kier molecular flexibility index (Phi) is 5.82. The standard InChI is InChI=1S/C18H23N5O2S/c1-11-4-3-5-15(12(11)2)20-18(26)23-21-16(24)13-6-8-14(9-7-13)17-22-19-10-25-17/h6-12,15H,3-5H2,1-2H3,(H,21,24)(H2,20,23,26)/t11-,12-,15-/m1/s1. The maximum atomic E-state index is 12.2. The highest BCUT2D eigenvalue weighted by Crippen LogP contribution is 2.29. The van der Waals surface area contributed by atoms with Gasteiger partial charge in [0.15, 0.2) is 5.11 Å². The van der Waals surface area contributed by atoms with Gasteiger partial charge in [0.05, 0.1) is 0 Å². The number of hydrogen-bond donors (Lipinski definition) is 3. The average molecular weight is 373 g/mol. The Labute approximate surface area is 157 Å². The van der Waals surface area contributed by atoms with Crippen molar-refractivity contribution in [3.8, 4) is 11.5 Å². The summed E-state index contributed by atoms with van der Waals surface area (Å²) in [6, 6.07) is 7.23. The molecular formula is C18H23N5O2S. The minimum absolute atomic E-state index is 0.267. The van der Waals surface area contributed by atoms with Gasteiger partial charge in [0.1, 0.15) is 0 Å². The first kappa shape index (κ1) is 18.3. The van der Waals surface area contributed by atoms with Gasteiger partial charge in [-0.1, -0.05) is 26.7 Å². The van der Waals surface area contributed by atoms with Crippen LogP contribution in [0.15, 0.2) is 35.1 Å². The predicted octanol–water partition coefficient (Wildman–Crippen LogP) is 2.67. The number of amides is 1. The zero-order chi connectivity index (χ0) is 18.5. The van der Waals surface area contributed by atoms with E-state index in [-0.39, 0.29) is 5.91 Å². The average Bonchev–Trinajstić information content (AvgIpc) is 3.18. The van der Waals surface area contributed by atoms with Crippen molar-refractivity contribution in [2.24, 2.45) is 11.8 Å². The third-order valence-electron chi connectivity index (χ3n) is 5.07. The van der Waals surface area contributed by atoms with Crippen LogP contribution in [0.25, 0.3) is 11.5 Å². The summed E-state index contributed by atoms with van der Waals surface area (Å²) >= 11 is 5.31. The lowest BCUT2D eigenvalue weighted by molar-refractivity contribution is 0.0943. The topological polar surface area (TPSA) is 92.1 Å². The SMILES string of the molecule is C[C@@H]1[C@H](C)CCC[C@H]1NC(=S)NNC(=O)c1ccc(-c2nnco2)cc1. The number of thiocarbonyl (C=S) groups is 1. The molecule has 0 radical (unpaired) electrons. The molecule has 0 aliphatic heterocycles. The Bertz CT molecular complexity index is 747. The van der Waals surface area contributed by atoms with Crippen molar-refractivity contribution in [1.82, 2.24) is 26.4 Å². The molecule has 1 fully saturated rings. The molecule has 1 aliphatic rings. The minimum Gasteiger partial charge on any atom is -0.423 e. The number of nitrogens with one attached hydrogen (secondary N) is 3. The first-order valence-corrected chi connectivity index (χ1v) is 9.19. The predicted molar refractivity (Wildman–Crippen MR) is 102 cm³/mol. The number of hydrazine groups is 1. The highest BCUT2D eigenvalue weighted by molar-refractivity contribution is 7.80. The molecule has 8 heteroatoms. The fourth-order valence-corrected chi connectivity index (χ4v) is 3.44. The molecule has 0 saturated heterocycles. The van der Waals surface area contributed by atoms with Crippen LogP contribution >= 0.6 is 12.2 Å². The Morgan fingerprint density at radius 2 is 1.96 bits per heavy atom. The van der Waals surface area contributed by atoms with Gasteiger partial charge in [-0.15, -0.1) is 10.2 Å². The van der Waals surface area contributed by atoms with E-state index in [2.05, 4.69) is 40.2 Å². The van der Waals surface area contributed by atoms with Crippen molar-refractivity contribution in [3.05, 3.63) is 36.2 Å². The van der Waals surface area contributed by atoms with Crippen LogP contribution in [0, 0.1) is 11.8 Å². The van der Waals surface area contributed by atoms with Crippen molar-refractivity contribution in [1.29, 1.82) is 0 Å². The van der Waals surface area contributed by atoms with E-state index in [0.717, 1.165) is 12.0 Å². The van der Waals surface area contributed by atoms with Crippen molar-refractivity contribution < 1.29 is 9.21 Å². The largest absolute Gasteiger partial charge is 0.423 e. The molecule has 2 aromatic rings. The van der Waals surface area contributed by atoms with Gasteiger partial charge in [-0.3, -0.25) is 15.6 Å². The fourth-order valence-electron chi connectivity index (χ4n) is 3.24. The molecule has 138 valence electrons. The summed E-state index contributed by atoms with van der Waals surface area (Å²) in [5.74, 6) is 1.38. The van der Waals surface area contributed by atoms with Crippen LogP contribution in [0.4, 0.5) is 0 Å². The lowest BCUT2D eigenvalue weighted by Crippen LogP contribution is -2.52. The normalized spacial score (nSPS) is 22.5. The van der Waals surface area contributed by atoms with E-state index < -0.39 is 0 Å². The van der Waals surface area contributed by atoms with Crippen LogP contribution in [-0.4, -0.2) is 27.3 Å². The molecule has 0 unspecified atom stereocenters. The van der Waals surface area contributed by atoms with Gasteiger partial charge in [0, 0.05) is 17.2 Å². The molecule has 0 spiro atoms. The summed E-state index contributed by atoms with van der Waals surface area (Å²) in [5.41, 5.74) is 6.67. The molecule has 7 nitrogen and oxygen atoms in total. The van der Waals surface area contributed by atoms with Gasteiger partial charge in [0.2, 0.25) is 12.3 Å². The smallest absolute Gasteiger partial charge is 0.269 e. The van der Waals surface area contributed by atoms with E-state index in [0.29, 0.717) is 34.4 Å². The van der Waals surface area contributed by atoms with Gasteiger partial charge in [-0.05, 0) is 54.7 Å². The number of benzene rings is 1. The van der Waals surface area contributed by atoms with Crippen molar-refractivity contribution in [3.63, 3.8) is 0 Å². The van der Waals surface area contributed by atoms with Crippen molar-refractivity contribution >= 4 is 23.2 Å². The fraction of sp³-hybridized carbons (Fsp3) is 0.444. The maximum Gasteiger partial charge on any atom is 0.269 e. The molecule has 1 saturated carbocycles. The second-order valence-corrected chi connectivity index (χ2v) is 7.16. The molecule has 1 heterocycles. The first-order chi connectivity index (χ1) is 12.5. The summed E-state index contributed by atoms with van der Waals surface area (Å²) < 4.78 is 5.13. The van der Waals surface area contributed by atoms with Crippen LogP contribution in [0.5, 0.6) is 0 Å². The van der Waals surface area contributed by atoms with Crippen LogP contribution < -0.4 is 16.2 Å². The lowest BCUT2D eigenvalue weighted by atomic mass is 9.78. The Morgan fingerprint density at radius 3 is 2.65 bits per heavy atom. The highest BCUT2D eigenvalue weighted by atomic mass is 32.1. The minimum atomic E-state index is -0.267. The summed E-state index contributed by atoms with van der Waals surface area (Å²) in [4.78, 5) is 12.2. The van der Waals surface area contributed by atoms with Crippen molar-refractivity contribution in [2.75, 3.05) is 0 Å². The molecule has 1 aromatic carbocycles. The van der Waals surface area contributed by atoms with E-state index in [9.17, 15) is 4.79 Å². The zero-order valence-electron chi connectivity index (χ0n) is 14.9. The van der Waals surface area contributed by atoms with Crippen LogP contribution in [0.1, 0.15) is 43.5 Å². The summed E-state index contributed by atoms with van der Waals surface area (Å²) in [5, 5.41) is 11.2. The number of rotatable bonds is 3. The third kappa shape index (κ3) is 4.37. The second kappa shape index (κ2) is 8.27. The zero-order valence-corrected chi connectivity index (χ0v) is 15.7. The van der Waals surface area contributed by atoms with E-state index in [1.807, 2.05) is 0 Å². The molecule has 3 N–H and O–H groups in total. The summed E-state index contributed by atoms with van der Waals surface area (Å²) in [6.45, 7) is 4.52. The monoisotopic (exact) mass is 373 g/mol. The van der Waals surface area contributed by atoms with Crippen LogP contribution in [-0.2, 0) is 0 Å². The van der Waals surface area contributed by atoms with Gasteiger partial charge in [-0.2, -0.15) is 0 Å². The van der Waals surface area contributed by atoms with Crippen LogP contribution in [0.2, 0.25) is 0 Å². The van der Waals surface area contributed by atoms with Crippen LogP contribution in [0.3, 0.4) is 0 Å². The van der Waals surface area contributed by atoms with Gasteiger partial charge >= 0.3 is 0 Å². The quantitative estimate of drug-likeness (QED) is 0.563. The highest BCUT2D eigenvalue weighted by Gasteiger charge is 2.27. The lowest BCUT2D eigenvalue weighted by Gasteiger charge is -2.35. The number of nitrogens with zero attached hydrogens (tertiary/aromatic N) is 2. The molecule has 1 aromatic heterocycles. The first-order valence-electron chi connectivity index (χ1n) is 8.78.